The van der Waals surface area contributed by atoms with Crippen LogP contribution in [0.15, 0.2) is 24.3 Å². The number of nitrogens with two attached hydrogens (primary N) is 1. The molecule has 0 bridgehead atoms. The molecule has 1 aliphatic heterocycles. The molecule has 2 unspecified atom stereocenters. The van der Waals surface area contributed by atoms with Gasteiger partial charge < -0.3 is 10.5 Å². The molecule has 2 atom stereocenters. The van der Waals surface area contributed by atoms with Crippen molar-refractivity contribution in [1.82, 2.24) is 4.90 Å². The Balaban J connectivity index is 1.79. The second kappa shape index (κ2) is 4.61. The summed E-state index contributed by atoms with van der Waals surface area (Å²) in [6.45, 7) is 1.24. The summed E-state index contributed by atoms with van der Waals surface area (Å²) in [7, 11) is 0. The Morgan fingerprint density at radius 3 is 3.06 bits per heavy atom. The van der Waals surface area contributed by atoms with Gasteiger partial charge in [-0.25, -0.2) is 4.79 Å². The van der Waals surface area contributed by atoms with Gasteiger partial charge in [0.1, 0.15) is 6.10 Å². The van der Waals surface area contributed by atoms with Crippen LogP contribution in [0.5, 0.6) is 0 Å². The number of cyclic esters (lactones) is 1. The van der Waals surface area contributed by atoms with Crippen molar-refractivity contribution in [2.24, 2.45) is 5.73 Å². The topological polar surface area (TPSA) is 55.6 Å². The van der Waals surface area contributed by atoms with E-state index in [1.54, 1.807) is 0 Å². The van der Waals surface area contributed by atoms with E-state index in [0.29, 0.717) is 13.1 Å². The zero-order valence-corrected chi connectivity index (χ0v) is 10.3. The van der Waals surface area contributed by atoms with Crippen molar-refractivity contribution in [2.45, 2.75) is 31.4 Å². The van der Waals surface area contributed by atoms with Crippen LogP contribution in [0.2, 0.25) is 0 Å². The molecule has 4 heteroatoms. The molecule has 1 saturated heterocycles. The number of hydrogen-bond acceptors (Lipinski definition) is 3. The van der Waals surface area contributed by atoms with Gasteiger partial charge in [-0.15, -0.1) is 0 Å². The third kappa shape index (κ3) is 1.86. The van der Waals surface area contributed by atoms with E-state index in [2.05, 4.69) is 18.2 Å². The molecule has 18 heavy (non-hydrogen) atoms. The summed E-state index contributed by atoms with van der Waals surface area (Å²) in [5, 5.41) is 0. The molecular formula is C14H18N2O2. The standard InChI is InChI=1S/C14H18N2O2/c15-8-7-11-9-16(14(17)18-11)13-6-5-10-3-1-2-4-12(10)13/h1-4,11,13H,5-9,15H2. The van der Waals surface area contributed by atoms with Crippen LogP contribution in [-0.2, 0) is 11.2 Å². The zero-order chi connectivity index (χ0) is 12.5. The lowest BCUT2D eigenvalue weighted by atomic mass is 10.1. The minimum atomic E-state index is -0.185. The van der Waals surface area contributed by atoms with Gasteiger partial charge >= 0.3 is 6.09 Å². The lowest BCUT2D eigenvalue weighted by Gasteiger charge is -2.22. The first-order valence-corrected chi connectivity index (χ1v) is 6.54. The third-order valence-electron chi connectivity index (χ3n) is 3.87. The van der Waals surface area contributed by atoms with Crippen LogP contribution in [0.1, 0.15) is 30.0 Å². The molecule has 4 nitrogen and oxygen atoms in total. The molecule has 0 radical (unpaired) electrons. The summed E-state index contributed by atoms with van der Waals surface area (Å²) in [6.07, 6.45) is 2.58. The molecular weight excluding hydrogens is 228 g/mol. The molecule has 0 saturated carbocycles. The average Bonchev–Trinajstić information content (AvgIpc) is 2.93. The first kappa shape index (κ1) is 11.5. The quantitative estimate of drug-likeness (QED) is 0.885. The van der Waals surface area contributed by atoms with Gasteiger partial charge in [-0.05, 0) is 36.9 Å². The first-order chi connectivity index (χ1) is 8.79. The number of fused-ring (bicyclic) bond motifs is 1. The predicted octanol–water partition coefficient (Wildman–Crippen LogP) is 1.84. The summed E-state index contributed by atoms with van der Waals surface area (Å²) in [6, 6.07) is 8.55. The van der Waals surface area contributed by atoms with E-state index in [4.69, 9.17) is 10.5 Å². The molecule has 1 heterocycles. The van der Waals surface area contributed by atoms with E-state index in [1.807, 2.05) is 11.0 Å². The minimum absolute atomic E-state index is 0.0322. The Hall–Kier alpha value is -1.55. The Morgan fingerprint density at radius 1 is 1.39 bits per heavy atom. The van der Waals surface area contributed by atoms with Crippen LogP contribution in [0.3, 0.4) is 0 Å². The Labute approximate surface area is 107 Å². The molecule has 0 aromatic heterocycles. The van der Waals surface area contributed by atoms with Crippen molar-refractivity contribution >= 4 is 6.09 Å². The lowest BCUT2D eigenvalue weighted by molar-refractivity contribution is 0.125. The van der Waals surface area contributed by atoms with Gasteiger partial charge in [-0.2, -0.15) is 0 Å². The average molecular weight is 246 g/mol. The zero-order valence-electron chi connectivity index (χ0n) is 10.3. The van der Waals surface area contributed by atoms with Crippen molar-refractivity contribution < 1.29 is 9.53 Å². The monoisotopic (exact) mass is 246 g/mol. The fourth-order valence-electron chi connectivity index (χ4n) is 2.99. The molecule has 1 amide bonds. The van der Waals surface area contributed by atoms with E-state index in [9.17, 15) is 4.79 Å². The summed E-state index contributed by atoms with van der Waals surface area (Å²) < 4.78 is 5.35. The van der Waals surface area contributed by atoms with Crippen molar-refractivity contribution in [3.05, 3.63) is 35.4 Å². The van der Waals surface area contributed by atoms with Gasteiger partial charge in [0.15, 0.2) is 0 Å². The maximum absolute atomic E-state index is 11.9. The van der Waals surface area contributed by atoms with Gasteiger partial charge in [0.25, 0.3) is 0 Å². The Morgan fingerprint density at radius 2 is 2.22 bits per heavy atom. The first-order valence-electron chi connectivity index (χ1n) is 6.54. The summed E-state index contributed by atoms with van der Waals surface area (Å²) in [5.74, 6) is 0. The molecule has 1 fully saturated rings. The van der Waals surface area contributed by atoms with Crippen LogP contribution < -0.4 is 5.73 Å². The number of carbonyl (C=O) groups excluding carboxylic acids is 1. The lowest BCUT2D eigenvalue weighted by Crippen LogP contribution is -2.29. The largest absolute Gasteiger partial charge is 0.444 e. The van der Waals surface area contributed by atoms with E-state index in [-0.39, 0.29) is 18.2 Å². The van der Waals surface area contributed by atoms with E-state index < -0.39 is 0 Å². The molecule has 0 spiro atoms. The molecule has 1 aliphatic carbocycles. The number of rotatable bonds is 3. The highest BCUT2D eigenvalue weighted by Crippen LogP contribution is 2.37. The molecule has 96 valence electrons. The van der Waals surface area contributed by atoms with Crippen molar-refractivity contribution in [1.29, 1.82) is 0 Å². The number of ether oxygens (including phenoxy) is 1. The number of amides is 1. The fourth-order valence-corrected chi connectivity index (χ4v) is 2.99. The van der Waals surface area contributed by atoms with E-state index in [0.717, 1.165) is 19.3 Å². The van der Waals surface area contributed by atoms with E-state index in [1.165, 1.54) is 11.1 Å². The van der Waals surface area contributed by atoms with Gasteiger partial charge in [-0.1, -0.05) is 24.3 Å². The van der Waals surface area contributed by atoms with Gasteiger partial charge in [-0.3, -0.25) is 4.90 Å². The van der Waals surface area contributed by atoms with Crippen LogP contribution in [0, 0.1) is 0 Å². The SMILES string of the molecule is NCCC1CN(C2CCc3ccccc32)C(=O)O1. The normalized spacial score (nSPS) is 26.3. The predicted molar refractivity (Wildman–Crippen MR) is 68.2 cm³/mol. The maximum Gasteiger partial charge on any atom is 0.410 e. The number of benzene rings is 1. The Bertz CT molecular complexity index is 461. The van der Waals surface area contributed by atoms with Gasteiger partial charge in [0.05, 0.1) is 12.6 Å². The van der Waals surface area contributed by atoms with Crippen molar-refractivity contribution in [3.8, 4) is 0 Å². The molecule has 3 rings (SSSR count). The molecule has 2 N–H and O–H groups in total. The number of hydrogen-bond donors (Lipinski definition) is 1. The van der Waals surface area contributed by atoms with Gasteiger partial charge in [0, 0.05) is 0 Å². The highest BCUT2D eigenvalue weighted by atomic mass is 16.6. The summed E-state index contributed by atoms with van der Waals surface area (Å²) in [4.78, 5) is 13.8. The highest BCUT2D eigenvalue weighted by molar-refractivity contribution is 5.71. The van der Waals surface area contributed by atoms with Crippen molar-refractivity contribution in [2.75, 3.05) is 13.1 Å². The maximum atomic E-state index is 11.9. The van der Waals surface area contributed by atoms with Crippen LogP contribution in [0.25, 0.3) is 0 Å². The molecule has 2 aliphatic rings. The van der Waals surface area contributed by atoms with Crippen LogP contribution in [-0.4, -0.2) is 30.2 Å². The second-order valence-corrected chi connectivity index (χ2v) is 4.99. The second-order valence-electron chi connectivity index (χ2n) is 4.99. The summed E-state index contributed by atoms with van der Waals surface area (Å²) in [5.41, 5.74) is 8.16. The van der Waals surface area contributed by atoms with E-state index >= 15 is 0 Å². The fraction of sp³-hybridized carbons (Fsp3) is 0.500. The number of aryl methyl sites for hydroxylation is 1. The smallest absolute Gasteiger partial charge is 0.410 e. The number of carbonyl (C=O) groups is 1. The minimum Gasteiger partial charge on any atom is -0.444 e. The van der Waals surface area contributed by atoms with Gasteiger partial charge in [0.2, 0.25) is 0 Å². The van der Waals surface area contributed by atoms with Crippen molar-refractivity contribution in [3.63, 3.8) is 0 Å². The molecule has 1 aromatic carbocycles. The molecule has 1 aromatic rings. The summed E-state index contributed by atoms with van der Waals surface area (Å²) >= 11 is 0. The van der Waals surface area contributed by atoms with Crippen LogP contribution in [0.4, 0.5) is 4.79 Å². The number of nitrogens with zero attached hydrogens (tertiary/aromatic N) is 1. The third-order valence-corrected chi connectivity index (χ3v) is 3.87. The Kier molecular flexibility index (Phi) is 2.96. The highest BCUT2D eigenvalue weighted by Gasteiger charge is 2.38. The van der Waals surface area contributed by atoms with Crippen LogP contribution >= 0.6 is 0 Å².